The molecule has 3 nitrogen and oxygen atoms in total. The van der Waals surface area contributed by atoms with Gasteiger partial charge in [-0.1, -0.05) is 57.2 Å². The highest BCUT2D eigenvalue weighted by Gasteiger charge is 2.23. The van der Waals surface area contributed by atoms with Gasteiger partial charge >= 0.3 is 0 Å². The molecule has 0 unspecified atom stereocenters. The Morgan fingerprint density at radius 3 is 2.27 bits per heavy atom. The first-order valence-corrected chi connectivity index (χ1v) is 7.52. The van der Waals surface area contributed by atoms with Gasteiger partial charge in [-0.2, -0.15) is 0 Å². The zero-order valence-electron chi connectivity index (χ0n) is 13.8. The lowest BCUT2D eigenvalue weighted by atomic mass is 9.83. The van der Waals surface area contributed by atoms with Crippen molar-refractivity contribution in [2.75, 3.05) is 7.11 Å². The Labute approximate surface area is 133 Å². The van der Waals surface area contributed by atoms with Gasteiger partial charge in [-0.3, -0.25) is 0 Å². The van der Waals surface area contributed by atoms with Crippen molar-refractivity contribution in [1.29, 1.82) is 0 Å². The van der Waals surface area contributed by atoms with E-state index in [1.165, 1.54) is 0 Å². The molecule has 0 spiro atoms. The number of ether oxygens (including phenoxy) is 2. The van der Waals surface area contributed by atoms with Crippen LogP contribution in [0, 0.1) is 5.41 Å². The quantitative estimate of drug-likeness (QED) is 0.894. The Morgan fingerprint density at radius 1 is 1.00 bits per heavy atom. The predicted octanol–water partition coefficient (Wildman–Crippen LogP) is 4.32. The SMILES string of the molecule is COc1cc([C@H](N)C(C)(C)C)ccc1OCc1ccccc1. The molecular weight excluding hydrogens is 274 g/mol. The molecule has 2 aromatic carbocycles. The van der Waals surface area contributed by atoms with Crippen molar-refractivity contribution in [2.24, 2.45) is 11.1 Å². The maximum atomic E-state index is 6.31. The van der Waals surface area contributed by atoms with Crippen LogP contribution in [-0.4, -0.2) is 7.11 Å². The zero-order chi connectivity index (χ0) is 16.2. The minimum absolute atomic E-state index is 0.00256. The van der Waals surface area contributed by atoms with Crippen molar-refractivity contribution in [3.05, 3.63) is 59.7 Å². The summed E-state index contributed by atoms with van der Waals surface area (Å²) >= 11 is 0. The fourth-order valence-electron chi connectivity index (χ4n) is 2.23. The number of benzene rings is 2. The van der Waals surface area contributed by atoms with Crippen LogP contribution in [0.5, 0.6) is 11.5 Å². The van der Waals surface area contributed by atoms with E-state index in [2.05, 4.69) is 20.8 Å². The highest BCUT2D eigenvalue weighted by Crippen LogP contribution is 2.36. The molecular formula is C19H25NO2. The van der Waals surface area contributed by atoms with Crippen LogP contribution in [0.3, 0.4) is 0 Å². The molecule has 118 valence electrons. The summed E-state index contributed by atoms with van der Waals surface area (Å²) in [5.41, 5.74) is 8.49. The lowest BCUT2D eigenvalue weighted by Gasteiger charge is -2.28. The van der Waals surface area contributed by atoms with Crippen LogP contribution in [-0.2, 0) is 6.61 Å². The van der Waals surface area contributed by atoms with Gasteiger partial charge in [-0.05, 0) is 28.7 Å². The van der Waals surface area contributed by atoms with Crippen molar-refractivity contribution in [1.82, 2.24) is 0 Å². The van der Waals surface area contributed by atoms with Gasteiger partial charge in [-0.25, -0.2) is 0 Å². The first kappa shape index (κ1) is 16.4. The molecule has 0 radical (unpaired) electrons. The predicted molar refractivity (Wildman–Crippen MR) is 90.2 cm³/mol. The van der Waals surface area contributed by atoms with E-state index in [9.17, 15) is 0 Å². The van der Waals surface area contributed by atoms with E-state index < -0.39 is 0 Å². The van der Waals surface area contributed by atoms with Gasteiger partial charge in [0.05, 0.1) is 7.11 Å². The van der Waals surface area contributed by atoms with E-state index in [4.69, 9.17) is 15.2 Å². The third kappa shape index (κ3) is 4.01. The average molecular weight is 299 g/mol. The Kier molecular flexibility index (Phi) is 5.09. The molecule has 0 aliphatic carbocycles. The fourth-order valence-corrected chi connectivity index (χ4v) is 2.23. The first-order chi connectivity index (χ1) is 10.4. The van der Waals surface area contributed by atoms with Crippen LogP contribution in [0.4, 0.5) is 0 Å². The standard InChI is InChI=1S/C19H25NO2/c1-19(2,3)18(20)15-10-11-16(17(12-15)21-4)22-13-14-8-6-5-7-9-14/h5-12,18H,13,20H2,1-4H3/t18-/m0/s1. The summed E-state index contributed by atoms with van der Waals surface area (Å²) in [6.45, 7) is 6.90. The topological polar surface area (TPSA) is 44.5 Å². The number of nitrogens with two attached hydrogens (primary N) is 1. The van der Waals surface area contributed by atoms with Gasteiger partial charge in [-0.15, -0.1) is 0 Å². The lowest BCUT2D eigenvalue weighted by molar-refractivity contribution is 0.282. The fraction of sp³-hybridized carbons (Fsp3) is 0.368. The molecule has 2 N–H and O–H groups in total. The van der Waals surface area contributed by atoms with Crippen molar-refractivity contribution in [3.8, 4) is 11.5 Å². The summed E-state index contributed by atoms with van der Waals surface area (Å²) in [7, 11) is 1.65. The number of methoxy groups -OCH3 is 1. The largest absolute Gasteiger partial charge is 0.493 e. The second kappa shape index (κ2) is 6.84. The van der Waals surface area contributed by atoms with E-state index >= 15 is 0 Å². The first-order valence-electron chi connectivity index (χ1n) is 7.52. The molecule has 0 bridgehead atoms. The molecule has 0 aliphatic heterocycles. The molecule has 22 heavy (non-hydrogen) atoms. The Bertz CT molecular complexity index is 603. The van der Waals surface area contributed by atoms with Crippen LogP contribution in [0.25, 0.3) is 0 Å². The monoisotopic (exact) mass is 299 g/mol. The minimum atomic E-state index is -0.0513. The molecule has 2 rings (SSSR count). The second-order valence-corrected chi connectivity index (χ2v) is 6.53. The van der Waals surface area contributed by atoms with Gasteiger partial charge in [0.2, 0.25) is 0 Å². The van der Waals surface area contributed by atoms with Gasteiger partial charge in [0, 0.05) is 6.04 Å². The third-order valence-electron chi connectivity index (χ3n) is 3.72. The molecule has 0 saturated heterocycles. The van der Waals surface area contributed by atoms with Gasteiger partial charge < -0.3 is 15.2 Å². The maximum absolute atomic E-state index is 6.31. The van der Waals surface area contributed by atoms with Gasteiger partial charge in [0.1, 0.15) is 6.61 Å². The molecule has 0 aliphatic rings. The summed E-state index contributed by atoms with van der Waals surface area (Å²) in [4.78, 5) is 0. The summed E-state index contributed by atoms with van der Waals surface area (Å²) in [6, 6.07) is 15.9. The normalized spacial score (nSPS) is 12.8. The van der Waals surface area contributed by atoms with E-state index in [1.807, 2.05) is 48.5 Å². The van der Waals surface area contributed by atoms with Crippen molar-refractivity contribution in [2.45, 2.75) is 33.4 Å². The summed E-state index contributed by atoms with van der Waals surface area (Å²) in [6.07, 6.45) is 0. The van der Waals surface area contributed by atoms with E-state index in [-0.39, 0.29) is 11.5 Å². The average Bonchev–Trinajstić information content (AvgIpc) is 2.52. The Hall–Kier alpha value is -2.00. The number of hydrogen-bond donors (Lipinski definition) is 1. The molecule has 0 amide bonds. The van der Waals surface area contributed by atoms with Crippen LogP contribution >= 0.6 is 0 Å². The van der Waals surface area contributed by atoms with Gasteiger partial charge in [0.25, 0.3) is 0 Å². The molecule has 2 aromatic rings. The molecule has 3 heteroatoms. The van der Waals surface area contributed by atoms with Crippen LogP contribution in [0.1, 0.15) is 37.9 Å². The second-order valence-electron chi connectivity index (χ2n) is 6.53. The maximum Gasteiger partial charge on any atom is 0.161 e. The molecule has 0 aromatic heterocycles. The molecule has 0 saturated carbocycles. The molecule has 0 fully saturated rings. The van der Waals surface area contributed by atoms with E-state index in [1.54, 1.807) is 7.11 Å². The number of hydrogen-bond acceptors (Lipinski definition) is 3. The summed E-state index contributed by atoms with van der Waals surface area (Å²) < 4.78 is 11.3. The minimum Gasteiger partial charge on any atom is -0.493 e. The highest BCUT2D eigenvalue weighted by molar-refractivity contribution is 5.44. The third-order valence-corrected chi connectivity index (χ3v) is 3.72. The Morgan fingerprint density at radius 2 is 1.68 bits per heavy atom. The van der Waals surface area contributed by atoms with E-state index in [0.29, 0.717) is 12.4 Å². The molecule has 0 heterocycles. The van der Waals surface area contributed by atoms with Crippen LogP contribution in [0.15, 0.2) is 48.5 Å². The zero-order valence-corrected chi connectivity index (χ0v) is 13.8. The molecule has 1 atom stereocenters. The van der Waals surface area contributed by atoms with Gasteiger partial charge in [0.15, 0.2) is 11.5 Å². The van der Waals surface area contributed by atoms with Crippen molar-refractivity contribution >= 4 is 0 Å². The number of rotatable bonds is 5. The van der Waals surface area contributed by atoms with Crippen molar-refractivity contribution in [3.63, 3.8) is 0 Å². The summed E-state index contributed by atoms with van der Waals surface area (Å²) in [5.74, 6) is 1.45. The Balaban J connectivity index is 2.16. The van der Waals surface area contributed by atoms with Crippen LogP contribution in [0.2, 0.25) is 0 Å². The van der Waals surface area contributed by atoms with E-state index in [0.717, 1.165) is 16.9 Å². The highest BCUT2D eigenvalue weighted by atomic mass is 16.5. The smallest absolute Gasteiger partial charge is 0.161 e. The van der Waals surface area contributed by atoms with Crippen molar-refractivity contribution < 1.29 is 9.47 Å². The summed E-state index contributed by atoms with van der Waals surface area (Å²) in [5, 5.41) is 0. The van der Waals surface area contributed by atoms with Crippen LogP contribution < -0.4 is 15.2 Å². The lowest BCUT2D eigenvalue weighted by Crippen LogP contribution is -2.26.